The van der Waals surface area contributed by atoms with Gasteiger partial charge in [-0.3, -0.25) is 24.1 Å². The van der Waals surface area contributed by atoms with E-state index in [2.05, 4.69) is 10.6 Å². The third-order valence-electron chi connectivity index (χ3n) is 4.44. The van der Waals surface area contributed by atoms with Crippen molar-refractivity contribution in [1.82, 2.24) is 4.90 Å². The second-order valence-corrected chi connectivity index (χ2v) is 7.32. The Bertz CT molecular complexity index is 1040. The van der Waals surface area contributed by atoms with Crippen LogP contribution in [-0.4, -0.2) is 61.9 Å². The zero-order valence-electron chi connectivity index (χ0n) is 19.3. The number of ether oxygens (including phenoxy) is 2. The molecule has 0 unspecified atom stereocenters. The maximum absolute atomic E-state index is 12.4. The summed E-state index contributed by atoms with van der Waals surface area (Å²) in [6.07, 6.45) is 0. The number of nitrogens with zero attached hydrogens (tertiary/aromatic N) is 1. The van der Waals surface area contributed by atoms with Crippen LogP contribution >= 0.6 is 0 Å². The first-order chi connectivity index (χ1) is 16.1. The number of hydrogen-bond donors (Lipinski definition) is 4. The molecule has 34 heavy (non-hydrogen) atoms. The topological polar surface area (TPSA) is 166 Å². The summed E-state index contributed by atoms with van der Waals surface area (Å²) < 4.78 is 11.1. The Balaban J connectivity index is 1.97. The highest BCUT2D eigenvalue weighted by atomic mass is 16.5. The van der Waals surface area contributed by atoms with E-state index < -0.39 is 17.7 Å². The van der Waals surface area contributed by atoms with Gasteiger partial charge in [0.1, 0.15) is 0 Å². The summed E-state index contributed by atoms with van der Waals surface area (Å²) in [5, 5.41) is 5.32. The first kappa shape index (κ1) is 26.1. The van der Waals surface area contributed by atoms with E-state index in [1.165, 1.54) is 23.1 Å². The number of rotatable bonds is 12. The molecule has 0 heterocycles. The van der Waals surface area contributed by atoms with Crippen molar-refractivity contribution in [3.8, 4) is 11.5 Å². The standard InChI is InChI=1S/C23H29N5O6/c1-4-33-18-7-6-16(11-19(18)34-5-2)26-20(29)12-28(3)13-21(30)27-17-9-14(22(24)31)8-15(10-17)23(25)32/h6-11H,4-5,12-13H2,1-3H3,(H2,24,31)(H2,25,32)(H,26,29)(H,27,30). The van der Waals surface area contributed by atoms with Crippen LogP contribution in [0, 0.1) is 0 Å². The zero-order chi connectivity index (χ0) is 25.3. The summed E-state index contributed by atoms with van der Waals surface area (Å²) in [4.78, 5) is 49.2. The monoisotopic (exact) mass is 471 g/mol. The summed E-state index contributed by atoms with van der Waals surface area (Å²) >= 11 is 0. The lowest BCUT2D eigenvalue weighted by Gasteiger charge is -2.17. The number of nitrogens with two attached hydrogens (primary N) is 2. The Morgan fingerprint density at radius 3 is 1.76 bits per heavy atom. The quantitative estimate of drug-likeness (QED) is 0.361. The number of hydrogen-bond acceptors (Lipinski definition) is 7. The average molecular weight is 472 g/mol. The van der Waals surface area contributed by atoms with Gasteiger partial charge in [0.2, 0.25) is 23.6 Å². The molecule has 0 fully saturated rings. The molecule has 0 bridgehead atoms. The van der Waals surface area contributed by atoms with Crippen LogP contribution < -0.4 is 31.6 Å². The molecule has 11 heteroatoms. The molecule has 0 saturated heterocycles. The number of benzene rings is 2. The molecule has 0 spiro atoms. The second kappa shape index (κ2) is 12.2. The summed E-state index contributed by atoms with van der Waals surface area (Å²) in [7, 11) is 1.59. The first-order valence-electron chi connectivity index (χ1n) is 10.6. The largest absolute Gasteiger partial charge is 0.490 e. The molecule has 0 radical (unpaired) electrons. The van der Waals surface area contributed by atoms with Crippen molar-refractivity contribution < 1.29 is 28.7 Å². The SMILES string of the molecule is CCOc1ccc(NC(=O)CN(C)CC(=O)Nc2cc(C(N)=O)cc(C(N)=O)c2)cc1OCC. The van der Waals surface area contributed by atoms with E-state index in [-0.39, 0.29) is 35.8 Å². The van der Waals surface area contributed by atoms with Gasteiger partial charge in [0.25, 0.3) is 0 Å². The minimum atomic E-state index is -0.769. The van der Waals surface area contributed by atoms with Crippen LogP contribution in [0.5, 0.6) is 11.5 Å². The third-order valence-corrected chi connectivity index (χ3v) is 4.44. The Morgan fingerprint density at radius 2 is 1.26 bits per heavy atom. The van der Waals surface area contributed by atoms with E-state index in [4.69, 9.17) is 20.9 Å². The molecule has 182 valence electrons. The van der Waals surface area contributed by atoms with Crippen LogP contribution in [-0.2, 0) is 9.59 Å². The molecule has 11 nitrogen and oxygen atoms in total. The van der Waals surface area contributed by atoms with Crippen LogP contribution in [0.15, 0.2) is 36.4 Å². The van der Waals surface area contributed by atoms with Crippen molar-refractivity contribution in [3.05, 3.63) is 47.5 Å². The average Bonchev–Trinajstić information content (AvgIpc) is 2.75. The normalized spacial score (nSPS) is 10.5. The highest BCUT2D eigenvalue weighted by Gasteiger charge is 2.15. The lowest BCUT2D eigenvalue weighted by molar-refractivity contribution is -0.119. The molecule has 2 rings (SSSR count). The van der Waals surface area contributed by atoms with Crippen molar-refractivity contribution >= 4 is 35.0 Å². The molecule has 6 N–H and O–H groups in total. The molecule has 2 aromatic carbocycles. The summed E-state index contributed by atoms with van der Waals surface area (Å²) in [5.41, 5.74) is 11.3. The van der Waals surface area contributed by atoms with Crippen molar-refractivity contribution in [2.75, 3.05) is 44.0 Å². The van der Waals surface area contributed by atoms with Crippen LogP contribution in [0.2, 0.25) is 0 Å². The molecular formula is C23H29N5O6. The van der Waals surface area contributed by atoms with Gasteiger partial charge in [0, 0.05) is 28.6 Å². The van der Waals surface area contributed by atoms with Crippen molar-refractivity contribution in [1.29, 1.82) is 0 Å². The Labute approximate surface area is 197 Å². The summed E-state index contributed by atoms with van der Waals surface area (Å²) in [6.45, 7) is 4.43. The van der Waals surface area contributed by atoms with Crippen LogP contribution in [0.1, 0.15) is 34.6 Å². The number of anilines is 2. The number of carbonyl (C=O) groups is 4. The van der Waals surface area contributed by atoms with Gasteiger partial charge in [-0.25, -0.2) is 0 Å². The van der Waals surface area contributed by atoms with Gasteiger partial charge in [0.15, 0.2) is 11.5 Å². The maximum atomic E-state index is 12.4. The molecule has 0 aliphatic heterocycles. The second-order valence-electron chi connectivity index (χ2n) is 7.32. The minimum absolute atomic E-state index is 0.0288. The Hall–Kier alpha value is -4.12. The zero-order valence-corrected chi connectivity index (χ0v) is 19.3. The van der Waals surface area contributed by atoms with Crippen LogP contribution in [0.4, 0.5) is 11.4 Å². The number of nitrogens with one attached hydrogen (secondary N) is 2. The molecular weight excluding hydrogens is 442 g/mol. The van der Waals surface area contributed by atoms with E-state index in [9.17, 15) is 19.2 Å². The first-order valence-corrected chi connectivity index (χ1v) is 10.6. The molecule has 4 amide bonds. The molecule has 0 aliphatic carbocycles. The Morgan fingerprint density at radius 1 is 0.765 bits per heavy atom. The number of amides is 4. The highest BCUT2D eigenvalue weighted by Crippen LogP contribution is 2.30. The number of primary amides is 2. The smallest absolute Gasteiger partial charge is 0.248 e. The van der Waals surface area contributed by atoms with E-state index in [0.717, 1.165) is 0 Å². The lowest BCUT2D eigenvalue weighted by Crippen LogP contribution is -2.36. The van der Waals surface area contributed by atoms with Gasteiger partial charge in [-0.15, -0.1) is 0 Å². The van der Waals surface area contributed by atoms with E-state index in [1.54, 1.807) is 25.2 Å². The fourth-order valence-electron chi connectivity index (χ4n) is 3.06. The third kappa shape index (κ3) is 7.78. The van der Waals surface area contributed by atoms with Crippen LogP contribution in [0.3, 0.4) is 0 Å². The van der Waals surface area contributed by atoms with E-state index >= 15 is 0 Å². The van der Waals surface area contributed by atoms with Crippen LogP contribution in [0.25, 0.3) is 0 Å². The Kier molecular flexibility index (Phi) is 9.38. The lowest BCUT2D eigenvalue weighted by atomic mass is 10.1. The molecule has 0 aliphatic rings. The predicted octanol–water partition coefficient (Wildman–Crippen LogP) is 1.19. The molecule has 0 aromatic heterocycles. The van der Waals surface area contributed by atoms with E-state index in [0.29, 0.717) is 30.4 Å². The van der Waals surface area contributed by atoms with Gasteiger partial charge in [-0.05, 0) is 51.2 Å². The number of carbonyl (C=O) groups excluding carboxylic acids is 4. The fraction of sp³-hybridized carbons (Fsp3) is 0.304. The summed E-state index contributed by atoms with van der Waals surface area (Å²) in [6, 6.07) is 8.99. The van der Waals surface area contributed by atoms with Gasteiger partial charge in [-0.2, -0.15) is 0 Å². The predicted molar refractivity (Wildman–Crippen MR) is 127 cm³/mol. The molecule has 0 atom stereocenters. The van der Waals surface area contributed by atoms with Gasteiger partial charge in [-0.1, -0.05) is 0 Å². The molecule has 0 saturated carbocycles. The van der Waals surface area contributed by atoms with Crippen molar-refractivity contribution in [2.24, 2.45) is 11.5 Å². The van der Waals surface area contributed by atoms with Gasteiger partial charge >= 0.3 is 0 Å². The molecule has 2 aromatic rings. The van der Waals surface area contributed by atoms with Crippen molar-refractivity contribution in [3.63, 3.8) is 0 Å². The van der Waals surface area contributed by atoms with Gasteiger partial charge < -0.3 is 31.6 Å². The minimum Gasteiger partial charge on any atom is -0.490 e. The number of likely N-dealkylation sites (N-methyl/N-ethyl adjacent to an activating group) is 1. The van der Waals surface area contributed by atoms with Crippen molar-refractivity contribution in [2.45, 2.75) is 13.8 Å². The van der Waals surface area contributed by atoms with Gasteiger partial charge in [0.05, 0.1) is 26.3 Å². The summed E-state index contributed by atoms with van der Waals surface area (Å²) in [5.74, 6) is -1.25. The van der Waals surface area contributed by atoms with E-state index in [1.807, 2.05) is 13.8 Å². The highest BCUT2D eigenvalue weighted by molar-refractivity contribution is 6.02. The maximum Gasteiger partial charge on any atom is 0.248 e. The fourth-order valence-corrected chi connectivity index (χ4v) is 3.06.